The van der Waals surface area contributed by atoms with Crippen molar-refractivity contribution in [3.8, 4) is 0 Å². The molecule has 0 aliphatic carbocycles. The summed E-state index contributed by atoms with van der Waals surface area (Å²) in [4.78, 5) is 8.25. The molecule has 6 heteroatoms. The molecule has 0 radical (unpaired) electrons. The maximum Gasteiger partial charge on any atom is 1.00 e. The summed E-state index contributed by atoms with van der Waals surface area (Å²) in [6, 6.07) is 0. The summed E-state index contributed by atoms with van der Waals surface area (Å²) < 4.78 is 0. The Morgan fingerprint density at radius 3 is 1.33 bits per heavy atom. The van der Waals surface area contributed by atoms with E-state index in [1.165, 1.54) is 0 Å². The van der Waals surface area contributed by atoms with Crippen LogP contribution >= 0.6 is 0 Å². The van der Waals surface area contributed by atoms with E-state index in [0.29, 0.717) is 0 Å². The van der Waals surface area contributed by atoms with E-state index in [2.05, 4.69) is 0 Å². The van der Waals surface area contributed by atoms with E-state index in [-0.39, 0.29) is 68.7 Å². The van der Waals surface area contributed by atoms with Gasteiger partial charge in [0.2, 0.25) is 0 Å². The van der Waals surface area contributed by atoms with E-state index in [1.54, 1.807) is 0 Å². The maximum absolute atomic E-state index is 8.25. The van der Waals surface area contributed by atoms with Crippen LogP contribution in [-0.2, 0) is 0 Å². The molecule has 0 aromatic carbocycles. The van der Waals surface area contributed by atoms with E-state index < -0.39 is 5.09 Å². The molecule has 0 heterocycles. The van der Waals surface area contributed by atoms with Crippen LogP contribution in [0.3, 0.4) is 0 Å². The molecule has 0 aliphatic heterocycles. The molecule has 0 saturated carbocycles. The minimum absolute atomic E-state index is 0. The maximum atomic E-state index is 8.25. The summed E-state index contributed by atoms with van der Waals surface area (Å²) >= 11 is 0. The molecule has 0 amide bonds. The van der Waals surface area contributed by atoms with Crippen LogP contribution in [0.4, 0.5) is 0 Å². The summed E-state index contributed by atoms with van der Waals surface area (Å²) in [6.45, 7) is 0. The topological polar surface area (TPSA) is 66.2 Å². The van der Waals surface area contributed by atoms with Crippen molar-refractivity contribution in [3.05, 3.63) is 15.3 Å². The van der Waals surface area contributed by atoms with Gasteiger partial charge in [0.25, 0.3) is 0 Å². The Morgan fingerprint density at radius 1 is 1.33 bits per heavy atom. The van der Waals surface area contributed by atoms with Crippen molar-refractivity contribution in [2.45, 2.75) is 0 Å². The van der Waals surface area contributed by atoms with E-state index in [0.717, 1.165) is 0 Å². The average Bonchev–Trinajstić information content (AvgIpc) is 0.811. The molecule has 0 bridgehead atoms. The van der Waals surface area contributed by atoms with Crippen LogP contribution < -0.4 is 51.4 Å². The molecule has 0 saturated heterocycles. The Kier molecular flexibility index (Phi) is 25.1. The molecule has 0 aromatic heterocycles. The minimum Gasteiger partial charge on any atom is -0.356 e. The van der Waals surface area contributed by atoms with Crippen LogP contribution in [0.5, 0.6) is 0 Å². The Morgan fingerprint density at radius 2 is 1.33 bits per heavy atom. The first-order valence-electron chi connectivity index (χ1n) is 0.548. The van der Waals surface area contributed by atoms with Gasteiger partial charge in [-0.2, -0.15) is 0 Å². The molecule has 4 nitrogen and oxygen atoms in total. The normalized spacial score (nSPS) is 4.00. The smallest absolute Gasteiger partial charge is 0.356 e. The van der Waals surface area contributed by atoms with Crippen molar-refractivity contribution in [1.82, 2.24) is 0 Å². The third kappa shape index (κ3) is 54.7. The molecular weight excluding hydrogens is 128 g/mol. The van der Waals surface area contributed by atoms with Gasteiger partial charge < -0.3 is 15.3 Å². The van der Waals surface area contributed by atoms with Gasteiger partial charge in [-0.3, -0.25) is 0 Å². The van der Waals surface area contributed by atoms with Gasteiger partial charge in [-0.05, 0) is 0 Å². The third-order valence-corrected chi connectivity index (χ3v) is 0. The second-order valence-corrected chi connectivity index (χ2v) is 0.224. The van der Waals surface area contributed by atoms with Crippen LogP contribution in [-0.4, -0.2) is 22.4 Å². The van der Waals surface area contributed by atoms with Gasteiger partial charge in [-0.15, -0.1) is 0 Å². The fraction of sp³-hybridized carbons (Fsp3) is 0. The first kappa shape index (κ1) is 15.7. The molecule has 0 spiro atoms. The van der Waals surface area contributed by atoms with Crippen LogP contribution in [0.2, 0.25) is 0 Å². The summed E-state index contributed by atoms with van der Waals surface area (Å²) in [5.41, 5.74) is 0. The van der Waals surface area contributed by atoms with Gasteiger partial charge in [-0.25, -0.2) is 0 Å². The number of hydrogen-bond acceptors (Lipinski definition) is 3. The molecule has 0 fully saturated rings. The van der Waals surface area contributed by atoms with Crippen LogP contribution in [0.1, 0.15) is 0 Å². The van der Waals surface area contributed by atoms with E-state index in [1.807, 2.05) is 0 Å². The van der Waals surface area contributed by atoms with E-state index in [4.69, 9.17) is 15.3 Å². The predicted molar refractivity (Wildman–Crippen MR) is 20.3 cm³/mol. The zero-order chi connectivity index (χ0) is 3.58. The molecule has 0 atom stereocenters. The summed E-state index contributed by atoms with van der Waals surface area (Å²) in [6.07, 6.45) is 0. The van der Waals surface area contributed by atoms with Gasteiger partial charge in [-0.1, -0.05) is 0 Å². The number of rotatable bonds is 0. The van der Waals surface area contributed by atoms with Gasteiger partial charge >= 0.3 is 51.4 Å². The van der Waals surface area contributed by atoms with Crippen LogP contribution in [0, 0.1) is 15.3 Å². The van der Waals surface area contributed by atoms with Crippen LogP contribution in [0.15, 0.2) is 0 Å². The molecule has 0 aliphatic rings. The predicted octanol–water partition coefficient (Wildman–Crippen LogP) is -4.42. The molecular formula is H3AlKNO3. The Labute approximate surface area is 87.6 Å². The zero-order valence-corrected chi connectivity index (χ0v) is 5.80. The molecule has 0 unspecified atom stereocenters. The van der Waals surface area contributed by atoms with Crippen molar-refractivity contribution in [2.75, 3.05) is 0 Å². The van der Waals surface area contributed by atoms with Crippen molar-refractivity contribution in [3.63, 3.8) is 0 Å². The molecule has 0 rings (SSSR count). The largest absolute Gasteiger partial charge is 1.00 e. The summed E-state index contributed by atoms with van der Waals surface area (Å²) in [5, 5.41) is 14.8. The Hall–Kier alpha value is 1.37. The molecule has 0 aromatic rings. The van der Waals surface area contributed by atoms with Crippen molar-refractivity contribution in [1.29, 1.82) is 0 Å². The quantitative estimate of drug-likeness (QED) is 0.189. The first-order chi connectivity index (χ1) is 1.73. The molecule has 30 valence electrons. The SMILES string of the molecule is O=[N+]([O-])[O-].[AlH3].[K+]. The number of hydrogen-bond donors (Lipinski definition) is 0. The van der Waals surface area contributed by atoms with Gasteiger partial charge in [0.05, 0.1) is 5.09 Å². The van der Waals surface area contributed by atoms with Crippen LogP contribution in [0.25, 0.3) is 0 Å². The second-order valence-electron chi connectivity index (χ2n) is 0.224. The Balaban J connectivity index is -0.0000000450. The van der Waals surface area contributed by atoms with Gasteiger partial charge in [0.15, 0.2) is 17.4 Å². The minimum atomic E-state index is -1.75. The fourth-order valence-electron chi connectivity index (χ4n) is 0. The van der Waals surface area contributed by atoms with E-state index in [9.17, 15) is 0 Å². The molecule has 6 heavy (non-hydrogen) atoms. The fourth-order valence-corrected chi connectivity index (χ4v) is 0. The average molecular weight is 131 g/mol. The first-order valence-corrected chi connectivity index (χ1v) is 0.548. The van der Waals surface area contributed by atoms with Gasteiger partial charge in [0, 0.05) is 0 Å². The van der Waals surface area contributed by atoms with Crippen molar-refractivity contribution < 1.29 is 56.5 Å². The van der Waals surface area contributed by atoms with Crippen molar-refractivity contribution in [2.24, 2.45) is 0 Å². The standard InChI is InChI=1S/Al.K.NO3.3H/c;;2-1(3)4;;;/q;+1;-1;;;. The third-order valence-electron chi connectivity index (χ3n) is 0. The zero-order valence-electron chi connectivity index (χ0n) is 2.67. The summed E-state index contributed by atoms with van der Waals surface area (Å²) in [7, 11) is 0. The van der Waals surface area contributed by atoms with E-state index >= 15 is 0 Å². The summed E-state index contributed by atoms with van der Waals surface area (Å²) in [5.74, 6) is 0. The van der Waals surface area contributed by atoms with Gasteiger partial charge in [0.1, 0.15) is 0 Å². The number of nitrogens with zero attached hydrogens (tertiary/aromatic N) is 1. The second kappa shape index (κ2) is 9.62. The van der Waals surface area contributed by atoms with Crippen molar-refractivity contribution >= 4 is 17.4 Å². The molecule has 0 N–H and O–H groups in total. The Bertz CT molecular complexity index is 33.8. The monoisotopic (exact) mass is 131 g/mol.